The molecule has 0 aliphatic carbocycles. The third kappa shape index (κ3) is 3.86. The molecule has 1 aromatic carbocycles. The van der Waals surface area contributed by atoms with Crippen LogP contribution in [0.5, 0.6) is 5.75 Å². The predicted molar refractivity (Wildman–Crippen MR) is 83.0 cm³/mol. The van der Waals surface area contributed by atoms with E-state index in [1.54, 1.807) is 11.0 Å². The second kappa shape index (κ2) is 7.62. The fourth-order valence-corrected chi connectivity index (χ4v) is 2.47. The van der Waals surface area contributed by atoms with E-state index in [9.17, 15) is 10.1 Å². The minimum absolute atomic E-state index is 0.0777. The van der Waals surface area contributed by atoms with Gasteiger partial charge in [0.2, 0.25) is 0 Å². The maximum atomic E-state index is 12.3. The Balaban J connectivity index is 2.10. The average molecular weight is 300 g/mol. The molecule has 0 spiro atoms. The SMILES string of the molecule is CCOc1ccc(/C=C(/C#N)C(=O)N2CCC(CO)C2)cc1. The lowest BCUT2D eigenvalue weighted by Gasteiger charge is -2.15. The van der Waals surface area contributed by atoms with Gasteiger partial charge in [0.05, 0.1) is 6.61 Å². The van der Waals surface area contributed by atoms with Crippen molar-refractivity contribution in [2.24, 2.45) is 5.92 Å². The second-order valence-corrected chi connectivity index (χ2v) is 5.26. The Bertz CT molecular complexity index is 587. The number of amides is 1. The Hall–Kier alpha value is -2.32. The van der Waals surface area contributed by atoms with Crippen molar-refractivity contribution in [1.82, 2.24) is 4.90 Å². The molecule has 1 aliphatic heterocycles. The van der Waals surface area contributed by atoms with Gasteiger partial charge >= 0.3 is 0 Å². The average Bonchev–Trinajstić information content (AvgIpc) is 3.03. The number of benzene rings is 1. The van der Waals surface area contributed by atoms with E-state index in [0.717, 1.165) is 17.7 Å². The van der Waals surface area contributed by atoms with Crippen molar-refractivity contribution in [1.29, 1.82) is 5.26 Å². The Kier molecular flexibility index (Phi) is 5.56. The van der Waals surface area contributed by atoms with Crippen LogP contribution in [0, 0.1) is 17.2 Å². The number of rotatable bonds is 5. The molecule has 0 saturated carbocycles. The van der Waals surface area contributed by atoms with Crippen molar-refractivity contribution in [2.75, 3.05) is 26.3 Å². The minimum atomic E-state index is -0.271. The van der Waals surface area contributed by atoms with Gasteiger partial charge in [-0.3, -0.25) is 4.79 Å². The van der Waals surface area contributed by atoms with Gasteiger partial charge in [-0.2, -0.15) is 5.26 Å². The molecule has 5 heteroatoms. The Morgan fingerprint density at radius 2 is 2.23 bits per heavy atom. The van der Waals surface area contributed by atoms with E-state index in [-0.39, 0.29) is 24.0 Å². The molecule has 1 fully saturated rings. The lowest BCUT2D eigenvalue weighted by Crippen LogP contribution is -2.30. The Labute approximate surface area is 130 Å². The van der Waals surface area contributed by atoms with Crippen molar-refractivity contribution >= 4 is 12.0 Å². The first-order valence-electron chi connectivity index (χ1n) is 7.42. The molecule has 1 aliphatic rings. The minimum Gasteiger partial charge on any atom is -0.494 e. The van der Waals surface area contributed by atoms with E-state index in [0.29, 0.717) is 19.7 Å². The molecule has 1 heterocycles. The maximum absolute atomic E-state index is 12.3. The molecule has 1 aromatic rings. The summed E-state index contributed by atoms with van der Waals surface area (Å²) in [6.07, 6.45) is 2.37. The summed E-state index contributed by atoms with van der Waals surface area (Å²) in [6.45, 7) is 3.69. The summed E-state index contributed by atoms with van der Waals surface area (Å²) < 4.78 is 5.36. The van der Waals surface area contributed by atoms with Gasteiger partial charge < -0.3 is 14.7 Å². The molecule has 1 N–H and O–H groups in total. The van der Waals surface area contributed by atoms with Crippen LogP contribution in [0.25, 0.3) is 6.08 Å². The number of carbonyl (C=O) groups is 1. The van der Waals surface area contributed by atoms with Crippen LogP contribution in [0.15, 0.2) is 29.8 Å². The first-order chi connectivity index (χ1) is 10.7. The monoisotopic (exact) mass is 300 g/mol. The van der Waals surface area contributed by atoms with Crippen LogP contribution in [-0.4, -0.2) is 42.2 Å². The molecule has 1 amide bonds. The summed E-state index contributed by atoms with van der Waals surface area (Å²) in [7, 11) is 0. The Morgan fingerprint density at radius 3 is 2.77 bits per heavy atom. The predicted octanol–water partition coefficient (Wildman–Crippen LogP) is 1.83. The molecular formula is C17H20N2O3. The van der Waals surface area contributed by atoms with Gasteiger partial charge in [0.15, 0.2) is 0 Å². The summed E-state index contributed by atoms with van der Waals surface area (Å²) in [4.78, 5) is 14.0. The van der Waals surface area contributed by atoms with Crippen molar-refractivity contribution in [3.05, 3.63) is 35.4 Å². The normalized spacial score (nSPS) is 18.1. The maximum Gasteiger partial charge on any atom is 0.264 e. The van der Waals surface area contributed by atoms with E-state index < -0.39 is 0 Å². The number of hydrogen-bond acceptors (Lipinski definition) is 4. The molecule has 22 heavy (non-hydrogen) atoms. The van der Waals surface area contributed by atoms with Gasteiger partial charge in [-0.15, -0.1) is 0 Å². The number of aliphatic hydroxyl groups is 1. The van der Waals surface area contributed by atoms with Gasteiger partial charge in [-0.25, -0.2) is 0 Å². The number of hydrogen-bond donors (Lipinski definition) is 1. The van der Waals surface area contributed by atoms with Crippen LogP contribution < -0.4 is 4.74 Å². The van der Waals surface area contributed by atoms with Crippen molar-refractivity contribution in [2.45, 2.75) is 13.3 Å². The molecule has 0 radical (unpaired) electrons. The largest absolute Gasteiger partial charge is 0.494 e. The molecular weight excluding hydrogens is 280 g/mol. The lowest BCUT2D eigenvalue weighted by molar-refractivity contribution is -0.125. The van der Waals surface area contributed by atoms with Crippen LogP contribution in [0.3, 0.4) is 0 Å². The zero-order valence-electron chi connectivity index (χ0n) is 12.7. The number of nitrogens with zero attached hydrogens (tertiary/aromatic N) is 2. The molecule has 0 bridgehead atoms. The number of nitriles is 1. The quantitative estimate of drug-likeness (QED) is 0.665. The highest BCUT2D eigenvalue weighted by Gasteiger charge is 2.27. The van der Waals surface area contributed by atoms with Gasteiger partial charge in [0.25, 0.3) is 5.91 Å². The van der Waals surface area contributed by atoms with Crippen molar-refractivity contribution in [3.8, 4) is 11.8 Å². The number of aliphatic hydroxyl groups excluding tert-OH is 1. The molecule has 2 rings (SSSR count). The van der Waals surface area contributed by atoms with Crippen LogP contribution in [-0.2, 0) is 4.79 Å². The third-order valence-corrected chi connectivity index (χ3v) is 3.68. The molecule has 116 valence electrons. The molecule has 0 aromatic heterocycles. The highest BCUT2D eigenvalue weighted by atomic mass is 16.5. The van der Waals surface area contributed by atoms with E-state index in [2.05, 4.69) is 0 Å². The number of ether oxygens (including phenoxy) is 1. The molecule has 1 atom stereocenters. The summed E-state index contributed by atoms with van der Waals surface area (Å²) >= 11 is 0. The van der Waals surface area contributed by atoms with Crippen molar-refractivity contribution in [3.63, 3.8) is 0 Å². The Morgan fingerprint density at radius 1 is 1.50 bits per heavy atom. The van der Waals surface area contributed by atoms with E-state index in [1.165, 1.54) is 0 Å². The van der Waals surface area contributed by atoms with Crippen LogP contribution in [0.4, 0.5) is 0 Å². The standard InChI is InChI=1S/C17H20N2O3/c1-2-22-16-5-3-13(4-6-16)9-15(10-18)17(21)19-8-7-14(11-19)12-20/h3-6,9,14,20H,2,7-8,11-12H2,1H3/b15-9-. The number of likely N-dealkylation sites (tertiary alicyclic amines) is 1. The molecule has 1 unspecified atom stereocenters. The van der Waals surface area contributed by atoms with Crippen LogP contribution in [0.1, 0.15) is 18.9 Å². The van der Waals surface area contributed by atoms with Crippen LogP contribution >= 0.6 is 0 Å². The zero-order valence-corrected chi connectivity index (χ0v) is 12.7. The summed E-state index contributed by atoms with van der Waals surface area (Å²) in [5.74, 6) is 0.608. The lowest BCUT2D eigenvalue weighted by atomic mass is 10.1. The fourth-order valence-electron chi connectivity index (χ4n) is 2.47. The summed E-state index contributed by atoms with van der Waals surface area (Å²) in [5, 5.41) is 18.4. The summed E-state index contributed by atoms with van der Waals surface area (Å²) in [6, 6.07) is 9.23. The van der Waals surface area contributed by atoms with Crippen molar-refractivity contribution < 1.29 is 14.6 Å². The highest BCUT2D eigenvalue weighted by Crippen LogP contribution is 2.19. The first-order valence-corrected chi connectivity index (χ1v) is 7.42. The van der Waals surface area contributed by atoms with Gasteiger partial charge in [-0.05, 0) is 37.1 Å². The molecule has 5 nitrogen and oxygen atoms in total. The van der Waals surface area contributed by atoms with Gasteiger partial charge in [0, 0.05) is 25.6 Å². The second-order valence-electron chi connectivity index (χ2n) is 5.26. The van der Waals surface area contributed by atoms with E-state index >= 15 is 0 Å². The molecule has 1 saturated heterocycles. The fraction of sp³-hybridized carbons (Fsp3) is 0.412. The first kappa shape index (κ1) is 16.1. The summed E-state index contributed by atoms with van der Waals surface area (Å²) in [5.41, 5.74) is 0.897. The third-order valence-electron chi connectivity index (χ3n) is 3.68. The van der Waals surface area contributed by atoms with E-state index in [4.69, 9.17) is 9.84 Å². The topological polar surface area (TPSA) is 73.6 Å². The highest BCUT2D eigenvalue weighted by molar-refractivity contribution is 6.01. The van der Waals surface area contributed by atoms with Gasteiger partial charge in [0.1, 0.15) is 17.4 Å². The van der Waals surface area contributed by atoms with Gasteiger partial charge in [-0.1, -0.05) is 12.1 Å². The zero-order chi connectivity index (χ0) is 15.9. The van der Waals surface area contributed by atoms with E-state index in [1.807, 2.05) is 37.3 Å². The van der Waals surface area contributed by atoms with Crippen LogP contribution in [0.2, 0.25) is 0 Å². The smallest absolute Gasteiger partial charge is 0.264 e. The number of carbonyl (C=O) groups excluding carboxylic acids is 1.